The molecule has 0 bridgehead atoms. The van der Waals surface area contributed by atoms with Crippen LogP contribution < -0.4 is 9.64 Å². The first kappa shape index (κ1) is 18.8. The van der Waals surface area contributed by atoms with E-state index in [0.717, 1.165) is 39.3 Å². The Morgan fingerprint density at radius 2 is 1.69 bits per heavy atom. The average molecular weight is 385 g/mol. The molecule has 1 heterocycles. The smallest absolute Gasteiger partial charge is 0.258 e. The van der Waals surface area contributed by atoms with E-state index >= 15 is 0 Å². The van der Waals surface area contributed by atoms with Crippen molar-refractivity contribution in [2.45, 2.75) is 19.4 Å². The van der Waals surface area contributed by atoms with Gasteiger partial charge < -0.3 is 14.7 Å². The van der Waals surface area contributed by atoms with Gasteiger partial charge in [-0.05, 0) is 52.6 Å². The number of rotatable bonds is 5. The second-order valence-electron chi connectivity index (χ2n) is 7.30. The molecule has 0 fully saturated rings. The lowest BCUT2D eigenvalue weighted by Crippen LogP contribution is -2.22. The van der Waals surface area contributed by atoms with E-state index in [-0.39, 0.29) is 17.6 Å². The van der Waals surface area contributed by atoms with Gasteiger partial charge in [-0.1, -0.05) is 49.9 Å². The number of carbonyl (C=O) groups excluding carboxylic acids is 1. The van der Waals surface area contributed by atoms with Crippen LogP contribution in [0.2, 0.25) is 0 Å². The van der Waals surface area contributed by atoms with Crippen LogP contribution in [-0.4, -0.2) is 18.1 Å². The van der Waals surface area contributed by atoms with Crippen LogP contribution in [0.25, 0.3) is 11.1 Å². The van der Waals surface area contributed by atoms with Crippen LogP contribution in [-0.2, 0) is 6.54 Å². The summed E-state index contributed by atoms with van der Waals surface area (Å²) in [6.07, 6.45) is 0. The molecule has 0 saturated heterocycles. The summed E-state index contributed by atoms with van der Waals surface area (Å²) < 4.78 is 5.22. The zero-order chi connectivity index (χ0) is 20.5. The number of nitrogens with zero attached hydrogens (tertiary/aromatic N) is 1. The van der Waals surface area contributed by atoms with Gasteiger partial charge in [-0.2, -0.15) is 0 Å². The van der Waals surface area contributed by atoms with E-state index in [1.165, 1.54) is 0 Å². The third-order valence-electron chi connectivity index (χ3n) is 5.54. The van der Waals surface area contributed by atoms with Crippen molar-refractivity contribution < 1.29 is 14.6 Å². The molecule has 1 aliphatic heterocycles. The lowest BCUT2D eigenvalue weighted by Gasteiger charge is -2.17. The Morgan fingerprint density at radius 3 is 2.31 bits per heavy atom. The van der Waals surface area contributed by atoms with Crippen molar-refractivity contribution in [3.8, 4) is 16.9 Å². The SMILES string of the molecule is C=C(O)C(C)c1ccc(N2Cc3ccc(-c4ccc(OC)cc4)cc3C2=O)cc1. The monoisotopic (exact) mass is 385 g/mol. The van der Waals surface area contributed by atoms with Crippen LogP contribution in [0, 0.1) is 0 Å². The summed E-state index contributed by atoms with van der Waals surface area (Å²) in [4.78, 5) is 14.8. The van der Waals surface area contributed by atoms with E-state index in [2.05, 4.69) is 12.6 Å². The minimum Gasteiger partial charge on any atom is -0.512 e. The lowest BCUT2D eigenvalue weighted by molar-refractivity contribution is 0.0996. The van der Waals surface area contributed by atoms with Crippen molar-refractivity contribution in [3.63, 3.8) is 0 Å². The van der Waals surface area contributed by atoms with Gasteiger partial charge in [0.25, 0.3) is 5.91 Å². The number of allylic oxidation sites excluding steroid dienone is 1. The van der Waals surface area contributed by atoms with Crippen LogP contribution in [0.1, 0.15) is 34.3 Å². The Hall–Kier alpha value is -3.53. The Labute approximate surface area is 170 Å². The molecule has 4 nitrogen and oxygen atoms in total. The number of fused-ring (bicyclic) bond motifs is 1. The molecule has 1 N–H and O–H groups in total. The first-order chi connectivity index (χ1) is 14.0. The topological polar surface area (TPSA) is 49.8 Å². The first-order valence-corrected chi connectivity index (χ1v) is 9.55. The molecule has 3 aromatic carbocycles. The van der Waals surface area contributed by atoms with E-state index in [9.17, 15) is 9.90 Å². The highest BCUT2D eigenvalue weighted by molar-refractivity contribution is 6.10. The maximum Gasteiger partial charge on any atom is 0.258 e. The van der Waals surface area contributed by atoms with Crippen LogP contribution in [0.3, 0.4) is 0 Å². The summed E-state index contributed by atoms with van der Waals surface area (Å²) in [6.45, 7) is 6.05. The molecule has 1 unspecified atom stereocenters. The highest BCUT2D eigenvalue weighted by Gasteiger charge is 2.29. The molecule has 1 atom stereocenters. The van der Waals surface area contributed by atoms with Gasteiger partial charge in [-0.3, -0.25) is 4.79 Å². The molecule has 0 saturated carbocycles. The number of hydrogen-bond acceptors (Lipinski definition) is 3. The third kappa shape index (κ3) is 3.49. The second kappa shape index (κ2) is 7.47. The Morgan fingerprint density at radius 1 is 1.03 bits per heavy atom. The molecule has 3 aromatic rings. The molecule has 0 spiro atoms. The summed E-state index contributed by atoms with van der Waals surface area (Å²) in [5, 5.41) is 9.60. The minimum atomic E-state index is -0.136. The molecule has 0 aromatic heterocycles. The molecule has 146 valence electrons. The van der Waals surface area contributed by atoms with E-state index < -0.39 is 0 Å². The van der Waals surface area contributed by atoms with E-state index in [1.807, 2.05) is 67.6 Å². The van der Waals surface area contributed by atoms with Crippen molar-refractivity contribution in [1.29, 1.82) is 0 Å². The summed E-state index contributed by atoms with van der Waals surface area (Å²) in [7, 11) is 1.64. The van der Waals surface area contributed by atoms with Crippen molar-refractivity contribution in [2.24, 2.45) is 0 Å². The van der Waals surface area contributed by atoms with Crippen LogP contribution >= 0.6 is 0 Å². The van der Waals surface area contributed by atoms with E-state index in [0.29, 0.717) is 6.54 Å². The largest absolute Gasteiger partial charge is 0.512 e. The summed E-state index contributed by atoms with van der Waals surface area (Å²) >= 11 is 0. The minimum absolute atomic E-state index is 0.00253. The summed E-state index contributed by atoms with van der Waals surface area (Å²) in [5.41, 5.74) is 5.62. The summed E-state index contributed by atoms with van der Waals surface area (Å²) in [5.74, 6) is 0.804. The Balaban J connectivity index is 1.59. The standard InChI is InChI=1S/C25H23NO3/c1-16(17(2)27)18-6-10-22(11-7-18)26-15-21-5-4-20(14-24(21)25(26)28)19-8-12-23(29-3)13-9-19/h4-14,16,27H,2,15H2,1,3H3. The Kier molecular flexibility index (Phi) is 4.85. The van der Waals surface area contributed by atoms with E-state index in [1.54, 1.807) is 12.0 Å². The molecule has 4 heteroatoms. The molecule has 29 heavy (non-hydrogen) atoms. The van der Waals surface area contributed by atoms with Crippen molar-refractivity contribution in [2.75, 3.05) is 12.0 Å². The average Bonchev–Trinajstić information content (AvgIpc) is 3.09. The van der Waals surface area contributed by atoms with Crippen LogP contribution in [0.4, 0.5) is 5.69 Å². The number of anilines is 1. The molecular weight excluding hydrogens is 362 g/mol. The Bertz CT molecular complexity index is 1070. The summed E-state index contributed by atoms with van der Waals surface area (Å²) in [6, 6.07) is 21.6. The number of hydrogen-bond donors (Lipinski definition) is 1. The molecule has 0 aliphatic carbocycles. The predicted octanol–water partition coefficient (Wildman–Crippen LogP) is 5.70. The number of aliphatic hydroxyl groups excluding tert-OH is 1. The van der Waals surface area contributed by atoms with Crippen molar-refractivity contribution in [3.05, 3.63) is 95.8 Å². The number of aliphatic hydroxyl groups is 1. The maximum absolute atomic E-state index is 13.1. The fraction of sp³-hybridized carbons (Fsp3) is 0.160. The zero-order valence-corrected chi connectivity index (χ0v) is 16.6. The number of methoxy groups -OCH3 is 1. The molecule has 0 radical (unpaired) electrons. The van der Waals surface area contributed by atoms with E-state index in [4.69, 9.17) is 4.74 Å². The van der Waals surface area contributed by atoms with Gasteiger partial charge in [-0.25, -0.2) is 0 Å². The van der Waals surface area contributed by atoms with Crippen molar-refractivity contribution in [1.82, 2.24) is 0 Å². The fourth-order valence-corrected chi connectivity index (χ4v) is 3.61. The quantitative estimate of drug-likeness (QED) is 0.573. The van der Waals surface area contributed by atoms with Gasteiger partial charge in [0.05, 0.1) is 19.4 Å². The van der Waals surface area contributed by atoms with Gasteiger partial charge in [-0.15, -0.1) is 0 Å². The van der Waals surface area contributed by atoms with Gasteiger partial charge in [0.1, 0.15) is 5.75 Å². The molecule has 1 amide bonds. The maximum atomic E-state index is 13.1. The van der Waals surface area contributed by atoms with Crippen molar-refractivity contribution >= 4 is 11.6 Å². The zero-order valence-electron chi connectivity index (χ0n) is 16.6. The third-order valence-corrected chi connectivity index (χ3v) is 5.54. The molecular formula is C25H23NO3. The van der Waals surface area contributed by atoms with Gasteiger partial charge in [0.2, 0.25) is 0 Å². The van der Waals surface area contributed by atoms with Crippen LogP contribution in [0.15, 0.2) is 79.1 Å². The first-order valence-electron chi connectivity index (χ1n) is 9.55. The predicted molar refractivity (Wildman–Crippen MR) is 116 cm³/mol. The number of amides is 1. The highest BCUT2D eigenvalue weighted by atomic mass is 16.5. The number of ether oxygens (including phenoxy) is 1. The highest BCUT2D eigenvalue weighted by Crippen LogP contribution is 2.33. The number of benzene rings is 3. The van der Waals surface area contributed by atoms with Gasteiger partial charge in [0, 0.05) is 17.2 Å². The fourth-order valence-electron chi connectivity index (χ4n) is 3.61. The number of carbonyl (C=O) groups is 1. The van der Waals surface area contributed by atoms with Gasteiger partial charge in [0.15, 0.2) is 0 Å². The molecule has 4 rings (SSSR count). The van der Waals surface area contributed by atoms with Gasteiger partial charge >= 0.3 is 0 Å². The van der Waals surface area contributed by atoms with Crippen LogP contribution in [0.5, 0.6) is 5.75 Å². The lowest BCUT2D eigenvalue weighted by atomic mass is 9.99. The second-order valence-corrected chi connectivity index (χ2v) is 7.30. The normalized spacial score (nSPS) is 13.9. The molecule has 1 aliphatic rings.